The van der Waals surface area contributed by atoms with E-state index in [0.29, 0.717) is 35.9 Å². The molecule has 1 aromatic carbocycles. The summed E-state index contributed by atoms with van der Waals surface area (Å²) >= 11 is 0. The normalized spacial score (nSPS) is 14.1. The zero-order valence-corrected chi connectivity index (χ0v) is 18.3. The van der Waals surface area contributed by atoms with Gasteiger partial charge in [0.1, 0.15) is 5.52 Å². The Morgan fingerprint density at radius 1 is 1.09 bits per heavy atom. The van der Waals surface area contributed by atoms with Crippen molar-refractivity contribution in [3.63, 3.8) is 0 Å². The molecule has 5 rings (SSSR count). The van der Waals surface area contributed by atoms with E-state index in [4.69, 9.17) is 0 Å². The molecule has 3 aromatic heterocycles. The van der Waals surface area contributed by atoms with Crippen LogP contribution in [0.25, 0.3) is 22.4 Å². The second-order valence-corrected chi connectivity index (χ2v) is 8.09. The molecule has 0 aliphatic carbocycles. The smallest absolute Gasteiger partial charge is 0.321 e. The number of imidazole rings is 1. The molecule has 2 amide bonds. The summed E-state index contributed by atoms with van der Waals surface area (Å²) in [6.45, 7) is 5.41. The van der Waals surface area contributed by atoms with Crippen molar-refractivity contribution in [2.24, 2.45) is 0 Å². The molecule has 0 radical (unpaired) electrons. The summed E-state index contributed by atoms with van der Waals surface area (Å²) < 4.78 is 16.5. The molecular weight excluding hydrogens is 423 g/mol. The monoisotopic (exact) mass is 446 g/mol. The van der Waals surface area contributed by atoms with Crippen LogP contribution in [0.15, 0.2) is 48.9 Å². The number of carbonyl (C=O) groups excluding carboxylic acids is 1. The first-order chi connectivity index (χ1) is 16.0. The van der Waals surface area contributed by atoms with Gasteiger partial charge in [-0.1, -0.05) is 0 Å². The highest BCUT2D eigenvalue weighted by atomic mass is 19.1. The van der Waals surface area contributed by atoms with Crippen LogP contribution in [0, 0.1) is 5.95 Å². The third-order valence-corrected chi connectivity index (χ3v) is 5.51. The number of urea groups is 1. The average molecular weight is 446 g/mol. The lowest BCUT2D eigenvalue weighted by Gasteiger charge is -2.27. The highest BCUT2D eigenvalue weighted by molar-refractivity contribution is 5.92. The van der Waals surface area contributed by atoms with Gasteiger partial charge in [-0.05, 0) is 56.7 Å². The standard InChI is InChI=1S/C23H23FN8O/c1-14(2)32-13-27-20-19(32)12-18(29-21(20)24)17-8-10-25-22(30-17)28-15-4-6-16(7-5-15)31-11-3-9-26-23(31)33/h4-8,10,12-14H,3,9,11H2,1-2H3,(H,26,33)(H,25,28,30). The van der Waals surface area contributed by atoms with E-state index in [1.54, 1.807) is 29.6 Å². The lowest BCUT2D eigenvalue weighted by atomic mass is 10.2. The number of anilines is 3. The molecule has 1 saturated heterocycles. The van der Waals surface area contributed by atoms with Crippen LogP contribution >= 0.6 is 0 Å². The molecule has 1 aliphatic rings. The van der Waals surface area contributed by atoms with Gasteiger partial charge in [-0.25, -0.2) is 24.7 Å². The molecule has 0 saturated carbocycles. The van der Waals surface area contributed by atoms with Gasteiger partial charge < -0.3 is 15.2 Å². The molecule has 0 bridgehead atoms. The fraction of sp³-hybridized carbons (Fsp3) is 0.261. The van der Waals surface area contributed by atoms with E-state index in [1.165, 1.54) is 0 Å². The van der Waals surface area contributed by atoms with Crippen molar-refractivity contribution in [1.82, 2.24) is 29.8 Å². The number of hydrogen-bond donors (Lipinski definition) is 2. The number of aromatic nitrogens is 5. The Labute approximate surface area is 189 Å². The van der Waals surface area contributed by atoms with E-state index in [0.717, 1.165) is 17.8 Å². The number of benzene rings is 1. The number of rotatable bonds is 5. The van der Waals surface area contributed by atoms with E-state index >= 15 is 0 Å². The van der Waals surface area contributed by atoms with Crippen molar-refractivity contribution in [2.45, 2.75) is 26.3 Å². The molecule has 4 heterocycles. The summed E-state index contributed by atoms with van der Waals surface area (Å²) in [6, 6.07) is 11.0. The van der Waals surface area contributed by atoms with Crippen molar-refractivity contribution in [3.05, 3.63) is 54.9 Å². The summed E-state index contributed by atoms with van der Waals surface area (Å²) in [7, 11) is 0. The van der Waals surface area contributed by atoms with Gasteiger partial charge >= 0.3 is 6.03 Å². The van der Waals surface area contributed by atoms with Gasteiger partial charge in [0, 0.05) is 36.7 Å². The molecule has 0 atom stereocenters. The zero-order valence-electron chi connectivity index (χ0n) is 18.3. The minimum atomic E-state index is -0.632. The van der Waals surface area contributed by atoms with Crippen molar-refractivity contribution < 1.29 is 9.18 Å². The van der Waals surface area contributed by atoms with Crippen LogP contribution < -0.4 is 15.5 Å². The quantitative estimate of drug-likeness (QED) is 0.444. The SMILES string of the molecule is CC(C)n1cnc2c(F)nc(-c3ccnc(Nc4ccc(N5CCCNC5=O)cc4)n3)cc21. The van der Waals surface area contributed by atoms with Crippen LogP contribution in [0.4, 0.5) is 26.5 Å². The Bertz CT molecular complexity index is 1320. The fourth-order valence-corrected chi connectivity index (χ4v) is 3.83. The first-order valence-corrected chi connectivity index (χ1v) is 10.8. The van der Waals surface area contributed by atoms with Gasteiger partial charge in [-0.15, -0.1) is 0 Å². The Balaban J connectivity index is 1.40. The number of hydrogen-bond acceptors (Lipinski definition) is 6. The van der Waals surface area contributed by atoms with E-state index in [2.05, 4.69) is 30.6 Å². The largest absolute Gasteiger partial charge is 0.338 e. The van der Waals surface area contributed by atoms with Gasteiger partial charge in [-0.3, -0.25) is 4.90 Å². The highest BCUT2D eigenvalue weighted by Gasteiger charge is 2.19. The zero-order chi connectivity index (χ0) is 22.9. The van der Waals surface area contributed by atoms with E-state index in [9.17, 15) is 9.18 Å². The predicted molar refractivity (Wildman–Crippen MR) is 124 cm³/mol. The Kier molecular flexibility index (Phi) is 5.33. The molecule has 168 valence electrons. The number of carbonyl (C=O) groups is 1. The molecule has 4 aromatic rings. The second kappa shape index (κ2) is 8.45. The summed E-state index contributed by atoms with van der Waals surface area (Å²) in [5.41, 5.74) is 3.38. The van der Waals surface area contributed by atoms with Crippen LogP contribution in [0.5, 0.6) is 0 Å². The number of nitrogens with zero attached hydrogens (tertiary/aromatic N) is 6. The Morgan fingerprint density at radius 2 is 1.91 bits per heavy atom. The maximum absolute atomic E-state index is 14.6. The molecule has 1 aliphatic heterocycles. The minimum absolute atomic E-state index is 0.0893. The van der Waals surface area contributed by atoms with Gasteiger partial charge in [0.25, 0.3) is 0 Å². The van der Waals surface area contributed by atoms with Gasteiger partial charge in [0.15, 0.2) is 0 Å². The second-order valence-electron chi connectivity index (χ2n) is 8.09. The maximum Gasteiger partial charge on any atom is 0.321 e. The molecule has 2 N–H and O–H groups in total. The highest BCUT2D eigenvalue weighted by Crippen LogP contribution is 2.26. The number of halogens is 1. The number of pyridine rings is 1. The fourth-order valence-electron chi connectivity index (χ4n) is 3.83. The number of fused-ring (bicyclic) bond motifs is 1. The van der Waals surface area contributed by atoms with E-state index in [1.807, 2.05) is 42.7 Å². The predicted octanol–water partition coefficient (Wildman–Crippen LogP) is 4.27. The Hall–Kier alpha value is -4.08. The summed E-state index contributed by atoms with van der Waals surface area (Å²) in [6.07, 6.45) is 4.12. The average Bonchev–Trinajstić information content (AvgIpc) is 3.25. The van der Waals surface area contributed by atoms with Crippen LogP contribution in [0.2, 0.25) is 0 Å². The first kappa shape index (κ1) is 20.8. The molecule has 33 heavy (non-hydrogen) atoms. The minimum Gasteiger partial charge on any atom is -0.338 e. The number of amides is 2. The van der Waals surface area contributed by atoms with Crippen molar-refractivity contribution >= 4 is 34.4 Å². The third kappa shape index (κ3) is 4.07. The van der Waals surface area contributed by atoms with Gasteiger partial charge in [0.05, 0.1) is 23.2 Å². The third-order valence-electron chi connectivity index (χ3n) is 5.51. The van der Waals surface area contributed by atoms with Crippen molar-refractivity contribution in [1.29, 1.82) is 0 Å². The van der Waals surface area contributed by atoms with Crippen LogP contribution in [-0.2, 0) is 0 Å². The number of nitrogens with one attached hydrogen (secondary N) is 2. The lowest BCUT2D eigenvalue weighted by molar-refractivity contribution is 0.243. The van der Waals surface area contributed by atoms with E-state index in [-0.39, 0.29) is 17.6 Å². The van der Waals surface area contributed by atoms with Crippen LogP contribution in [0.3, 0.4) is 0 Å². The molecule has 1 fully saturated rings. The molecule has 0 spiro atoms. The summed E-state index contributed by atoms with van der Waals surface area (Å²) in [4.78, 5) is 30.7. The van der Waals surface area contributed by atoms with Gasteiger partial charge in [0.2, 0.25) is 11.9 Å². The summed E-state index contributed by atoms with van der Waals surface area (Å²) in [5, 5.41) is 5.99. The molecular formula is C23H23FN8O. The van der Waals surface area contributed by atoms with Gasteiger partial charge in [-0.2, -0.15) is 4.39 Å². The lowest BCUT2D eigenvalue weighted by Crippen LogP contribution is -2.46. The summed E-state index contributed by atoms with van der Waals surface area (Å²) in [5.74, 6) is -0.275. The molecule has 9 nitrogen and oxygen atoms in total. The van der Waals surface area contributed by atoms with Crippen molar-refractivity contribution in [2.75, 3.05) is 23.3 Å². The molecule has 10 heteroatoms. The van der Waals surface area contributed by atoms with Crippen molar-refractivity contribution in [3.8, 4) is 11.4 Å². The molecule has 0 unspecified atom stereocenters. The topological polar surface area (TPSA) is 101 Å². The van der Waals surface area contributed by atoms with Crippen LogP contribution in [-0.4, -0.2) is 43.6 Å². The maximum atomic E-state index is 14.6. The Morgan fingerprint density at radius 3 is 2.67 bits per heavy atom. The first-order valence-electron chi connectivity index (χ1n) is 10.8. The van der Waals surface area contributed by atoms with Crippen LogP contribution in [0.1, 0.15) is 26.3 Å². The van der Waals surface area contributed by atoms with E-state index < -0.39 is 5.95 Å².